The molecule has 0 fully saturated rings. The topological polar surface area (TPSA) is 66.5 Å². The van der Waals surface area contributed by atoms with Crippen LogP contribution in [0.2, 0.25) is 0 Å². The van der Waals surface area contributed by atoms with Crippen LogP contribution in [0.15, 0.2) is 30.3 Å². The van der Waals surface area contributed by atoms with Gasteiger partial charge < -0.3 is 5.32 Å². The average molecular weight is 403 g/mol. The predicted molar refractivity (Wildman–Crippen MR) is 117 cm³/mol. The van der Waals surface area contributed by atoms with E-state index in [0.29, 0.717) is 12.1 Å². The van der Waals surface area contributed by atoms with Crippen LogP contribution >= 0.6 is 0 Å². The molecule has 0 radical (unpaired) electrons. The summed E-state index contributed by atoms with van der Waals surface area (Å²) in [6.45, 7) is 10.1. The Balaban J connectivity index is 2.07. The lowest BCUT2D eigenvalue weighted by Gasteiger charge is -2.25. The fourth-order valence-corrected chi connectivity index (χ4v) is 4.45. The Morgan fingerprint density at radius 1 is 1.00 bits per heavy atom. The molecule has 2 rings (SSSR count). The first-order valence-corrected chi connectivity index (χ1v) is 11.3. The highest BCUT2D eigenvalue weighted by Crippen LogP contribution is 2.26. The van der Waals surface area contributed by atoms with Gasteiger partial charge in [-0.25, -0.2) is 8.42 Å². The van der Waals surface area contributed by atoms with E-state index in [0.717, 1.165) is 33.5 Å². The van der Waals surface area contributed by atoms with Crippen LogP contribution in [0.3, 0.4) is 0 Å². The highest BCUT2D eigenvalue weighted by Gasteiger charge is 2.20. The number of carbonyl (C=O) groups excluding carboxylic acids is 1. The van der Waals surface area contributed by atoms with E-state index in [1.54, 1.807) is 0 Å². The number of anilines is 2. The molecule has 6 heteroatoms. The Morgan fingerprint density at radius 2 is 1.61 bits per heavy atom. The van der Waals surface area contributed by atoms with Crippen molar-refractivity contribution in [2.75, 3.05) is 22.4 Å². The zero-order valence-electron chi connectivity index (χ0n) is 17.6. The highest BCUT2D eigenvalue weighted by atomic mass is 32.2. The van der Waals surface area contributed by atoms with Crippen LogP contribution < -0.4 is 9.62 Å². The van der Waals surface area contributed by atoms with Gasteiger partial charge in [-0.15, -0.1) is 0 Å². The minimum absolute atomic E-state index is 0.107. The van der Waals surface area contributed by atoms with Crippen LogP contribution in [-0.2, 0) is 14.8 Å². The first kappa shape index (κ1) is 22.0. The van der Waals surface area contributed by atoms with Crippen LogP contribution in [-0.4, -0.2) is 27.1 Å². The third-order valence-electron chi connectivity index (χ3n) is 4.95. The molecule has 1 N–H and O–H groups in total. The molecule has 0 bridgehead atoms. The molecule has 0 unspecified atom stereocenters. The van der Waals surface area contributed by atoms with Crippen molar-refractivity contribution in [1.82, 2.24) is 0 Å². The third-order valence-corrected chi connectivity index (χ3v) is 6.13. The number of rotatable bonds is 7. The van der Waals surface area contributed by atoms with Crippen molar-refractivity contribution >= 4 is 27.3 Å². The molecule has 0 heterocycles. The number of aryl methyl sites for hydroxylation is 4. The number of benzene rings is 2. The maximum absolute atomic E-state index is 12.4. The standard InChI is InChI=1S/C22H30N2O3S/c1-15-13-17(3)22(18(4)14-15)23-21(25)11-8-12-24(28(6,26)27)20-10-7-9-16(2)19(20)5/h7,9-10,13-14H,8,11-12H2,1-6H3,(H,23,25). The minimum Gasteiger partial charge on any atom is -0.326 e. The van der Waals surface area contributed by atoms with Crippen molar-refractivity contribution in [3.8, 4) is 0 Å². The first-order valence-electron chi connectivity index (χ1n) is 9.42. The molecule has 0 aliphatic heterocycles. The molecule has 2 aromatic rings. The molecule has 0 aliphatic carbocycles. The van der Waals surface area contributed by atoms with Crippen LogP contribution in [0, 0.1) is 34.6 Å². The van der Waals surface area contributed by atoms with E-state index in [-0.39, 0.29) is 18.9 Å². The summed E-state index contributed by atoms with van der Waals surface area (Å²) in [6.07, 6.45) is 1.90. The Labute approximate surface area is 168 Å². The van der Waals surface area contributed by atoms with E-state index in [1.165, 1.54) is 10.6 Å². The summed E-state index contributed by atoms with van der Waals surface area (Å²) < 4.78 is 26.0. The van der Waals surface area contributed by atoms with E-state index >= 15 is 0 Å². The van der Waals surface area contributed by atoms with E-state index in [4.69, 9.17) is 0 Å². The number of hydrogen-bond donors (Lipinski definition) is 1. The van der Waals surface area contributed by atoms with Gasteiger partial charge in [-0.2, -0.15) is 0 Å². The molecule has 0 saturated heterocycles. The van der Waals surface area contributed by atoms with Gasteiger partial charge in [0.2, 0.25) is 15.9 Å². The van der Waals surface area contributed by atoms with E-state index < -0.39 is 10.0 Å². The molecule has 5 nitrogen and oxygen atoms in total. The Bertz CT molecular complexity index is 958. The number of nitrogens with zero attached hydrogens (tertiary/aromatic N) is 1. The molecular weight excluding hydrogens is 372 g/mol. The van der Waals surface area contributed by atoms with Crippen molar-refractivity contribution in [2.45, 2.75) is 47.5 Å². The van der Waals surface area contributed by atoms with Crippen molar-refractivity contribution in [3.05, 3.63) is 58.1 Å². The molecular formula is C22H30N2O3S. The average Bonchev–Trinajstić information content (AvgIpc) is 2.57. The summed E-state index contributed by atoms with van der Waals surface area (Å²) in [4.78, 5) is 12.4. The van der Waals surface area contributed by atoms with Gasteiger partial charge in [-0.1, -0.05) is 29.8 Å². The summed E-state index contributed by atoms with van der Waals surface area (Å²) in [5.41, 5.74) is 6.69. The fraction of sp³-hybridized carbons (Fsp3) is 0.409. The highest BCUT2D eigenvalue weighted by molar-refractivity contribution is 7.92. The maximum atomic E-state index is 12.4. The van der Waals surface area contributed by atoms with Gasteiger partial charge in [0.15, 0.2) is 0 Å². The van der Waals surface area contributed by atoms with E-state index in [1.807, 2.05) is 65.0 Å². The molecule has 28 heavy (non-hydrogen) atoms. The summed E-state index contributed by atoms with van der Waals surface area (Å²) in [6, 6.07) is 9.69. The lowest BCUT2D eigenvalue weighted by Crippen LogP contribution is -2.32. The SMILES string of the molecule is Cc1cc(C)c(NC(=O)CCCN(c2cccc(C)c2C)S(C)(=O)=O)c(C)c1. The number of sulfonamides is 1. The number of nitrogens with one attached hydrogen (secondary N) is 1. The van der Waals surface area contributed by atoms with Gasteiger partial charge in [0.1, 0.15) is 0 Å². The van der Waals surface area contributed by atoms with E-state index in [2.05, 4.69) is 5.32 Å². The lowest BCUT2D eigenvalue weighted by molar-refractivity contribution is -0.116. The number of carbonyl (C=O) groups is 1. The van der Waals surface area contributed by atoms with Gasteiger partial charge in [0, 0.05) is 18.7 Å². The second-order valence-electron chi connectivity index (χ2n) is 7.48. The van der Waals surface area contributed by atoms with Gasteiger partial charge in [-0.3, -0.25) is 9.10 Å². The maximum Gasteiger partial charge on any atom is 0.232 e. The lowest BCUT2D eigenvalue weighted by atomic mass is 10.0. The predicted octanol–water partition coefficient (Wildman–Crippen LogP) is 4.41. The molecule has 2 aromatic carbocycles. The van der Waals surface area contributed by atoms with Crippen molar-refractivity contribution < 1.29 is 13.2 Å². The van der Waals surface area contributed by atoms with Gasteiger partial charge in [0.05, 0.1) is 11.9 Å². The molecule has 0 aromatic heterocycles. The van der Waals surface area contributed by atoms with E-state index in [9.17, 15) is 13.2 Å². The normalized spacial score (nSPS) is 11.4. The largest absolute Gasteiger partial charge is 0.326 e. The Hall–Kier alpha value is -2.34. The summed E-state index contributed by atoms with van der Waals surface area (Å²) >= 11 is 0. The molecule has 0 aliphatic rings. The zero-order chi connectivity index (χ0) is 21.1. The summed E-state index contributed by atoms with van der Waals surface area (Å²) in [7, 11) is -3.43. The zero-order valence-corrected chi connectivity index (χ0v) is 18.4. The fourth-order valence-electron chi connectivity index (χ4n) is 3.43. The van der Waals surface area contributed by atoms with Crippen molar-refractivity contribution in [3.63, 3.8) is 0 Å². The first-order chi connectivity index (χ1) is 13.0. The Kier molecular flexibility index (Phi) is 6.88. The molecule has 0 atom stereocenters. The minimum atomic E-state index is -3.43. The van der Waals surface area contributed by atoms with Crippen LogP contribution in [0.1, 0.15) is 40.7 Å². The second-order valence-corrected chi connectivity index (χ2v) is 9.39. The number of amides is 1. The van der Waals surface area contributed by atoms with Crippen LogP contribution in [0.5, 0.6) is 0 Å². The van der Waals surface area contributed by atoms with Crippen LogP contribution in [0.25, 0.3) is 0 Å². The second kappa shape index (κ2) is 8.78. The summed E-state index contributed by atoms with van der Waals surface area (Å²) in [5.74, 6) is -0.107. The molecule has 1 amide bonds. The molecule has 0 spiro atoms. The van der Waals surface area contributed by atoms with Crippen molar-refractivity contribution in [1.29, 1.82) is 0 Å². The summed E-state index contributed by atoms with van der Waals surface area (Å²) in [5, 5.41) is 2.97. The molecule has 0 saturated carbocycles. The number of hydrogen-bond acceptors (Lipinski definition) is 3. The van der Waals surface area contributed by atoms with Gasteiger partial charge >= 0.3 is 0 Å². The smallest absolute Gasteiger partial charge is 0.232 e. The van der Waals surface area contributed by atoms with Gasteiger partial charge in [0.25, 0.3) is 0 Å². The Morgan fingerprint density at radius 3 is 2.18 bits per heavy atom. The molecule has 152 valence electrons. The monoisotopic (exact) mass is 402 g/mol. The van der Waals surface area contributed by atoms with Crippen molar-refractivity contribution in [2.24, 2.45) is 0 Å². The third kappa shape index (κ3) is 5.35. The van der Waals surface area contributed by atoms with Gasteiger partial charge in [-0.05, 0) is 69.4 Å². The quantitative estimate of drug-likeness (QED) is 0.746. The van der Waals surface area contributed by atoms with Crippen LogP contribution in [0.4, 0.5) is 11.4 Å².